The molecule has 0 aromatic heterocycles. The molecular weight excluding hydrogens is 440 g/mol. The van der Waals surface area contributed by atoms with Gasteiger partial charge in [0.1, 0.15) is 6.04 Å². The zero-order chi connectivity index (χ0) is 21.3. The summed E-state index contributed by atoms with van der Waals surface area (Å²) in [6, 6.07) is 9.03. The second kappa shape index (κ2) is 8.16. The summed E-state index contributed by atoms with van der Waals surface area (Å²) in [5.74, 6) is -2.46. The van der Waals surface area contributed by atoms with Crippen LogP contribution in [-0.4, -0.2) is 41.2 Å². The van der Waals surface area contributed by atoms with Gasteiger partial charge in [-0.2, -0.15) is 0 Å². The Morgan fingerprint density at radius 1 is 1.07 bits per heavy atom. The van der Waals surface area contributed by atoms with E-state index in [-0.39, 0.29) is 11.1 Å². The molecule has 1 aliphatic heterocycles. The molecule has 1 N–H and O–H groups in total. The van der Waals surface area contributed by atoms with E-state index in [1.807, 2.05) is 13.8 Å². The molecular formula is C21H19BrN2O5. The molecule has 8 heteroatoms. The number of hydrogen-bond acceptors (Lipinski definition) is 5. The van der Waals surface area contributed by atoms with Crippen LogP contribution in [0.2, 0.25) is 0 Å². The molecule has 1 aliphatic rings. The van der Waals surface area contributed by atoms with E-state index in [0.717, 1.165) is 20.5 Å². The molecule has 1 unspecified atom stereocenters. The highest BCUT2D eigenvalue weighted by Crippen LogP contribution is 2.26. The van der Waals surface area contributed by atoms with Crippen molar-refractivity contribution >= 4 is 45.3 Å². The van der Waals surface area contributed by atoms with E-state index in [9.17, 15) is 19.2 Å². The lowest BCUT2D eigenvalue weighted by Gasteiger charge is -2.20. The summed E-state index contributed by atoms with van der Waals surface area (Å²) in [6.45, 7) is 4.56. The number of hydrogen-bond donors (Lipinski definition) is 1. The highest BCUT2D eigenvalue weighted by molar-refractivity contribution is 9.10. The van der Waals surface area contributed by atoms with Gasteiger partial charge in [-0.1, -0.05) is 27.6 Å². The van der Waals surface area contributed by atoms with E-state index in [2.05, 4.69) is 21.2 Å². The third-order valence-electron chi connectivity index (χ3n) is 4.59. The molecule has 2 aromatic rings. The van der Waals surface area contributed by atoms with Crippen LogP contribution in [0.3, 0.4) is 0 Å². The first kappa shape index (κ1) is 20.7. The Kier molecular flexibility index (Phi) is 5.83. The van der Waals surface area contributed by atoms with Crippen molar-refractivity contribution in [3.63, 3.8) is 0 Å². The van der Waals surface area contributed by atoms with Gasteiger partial charge in [-0.25, -0.2) is 4.79 Å². The number of aryl methyl sites for hydroxylation is 2. The first-order valence-corrected chi connectivity index (χ1v) is 9.69. The lowest BCUT2D eigenvalue weighted by Crippen LogP contribution is -2.44. The van der Waals surface area contributed by atoms with Crippen molar-refractivity contribution in [2.45, 2.75) is 26.8 Å². The number of anilines is 1. The van der Waals surface area contributed by atoms with Crippen molar-refractivity contribution in [1.82, 2.24) is 4.90 Å². The van der Waals surface area contributed by atoms with Gasteiger partial charge in [-0.05, 0) is 56.7 Å². The molecule has 1 heterocycles. The number of fused-ring (bicyclic) bond motifs is 1. The maximum absolute atomic E-state index is 12.6. The topological polar surface area (TPSA) is 92.8 Å². The largest absolute Gasteiger partial charge is 0.454 e. The van der Waals surface area contributed by atoms with Gasteiger partial charge in [-0.3, -0.25) is 19.3 Å². The Bertz CT molecular complexity index is 1030. The Hall–Kier alpha value is -3.00. The molecule has 0 radical (unpaired) electrons. The predicted molar refractivity (Wildman–Crippen MR) is 110 cm³/mol. The minimum atomic E-state index is -1.15. The molecule has 0 bridgehead atoms. The van der Waals surface area contributed by atoms with Gasteiger partial charge >= 0.3 is 5.97 Å². The summed E-state index contributed by atoms with van der Waals surface area (Å²) in [4.78, 5) is 50.3. The predicted octanol–water partition coefficient (Wildman–Crippen LogP) is 3.23. The van der Waals surface area contributed by atoms with Crippen LogP contribution < -0.4 is 5.32 Å². The van der Waals surface area contributed by atoms with E-state index < -0.39 is 36.3 Å². The summed E-state index contributed by atoms with van der Waals surface area (Å²) in [5.41, 5.74) is 2.85. The Labute approximate surface area is 176 Å². The Morgan fingerprint density at radius 2 is 1.76 bits per heavy atom. The smallest absolute Gasteiger partial charge is 0.329 e. The van der Waals surface area contributed by atoms with E-state index in [0.29, 0.717) is 5.69 Å². The SMILES string of the molecule is Cc1ccc2c(c1)C(=O)N(C(C)C(=O)OCC(=O)Nc1ccc(Br)c(C)c1)C2=O. The number of nitrogens with one attached hydrogen (secondary N) is 1. The van der Waals surface area contributed by atoms with Crippen LogP contribution >= 0.6 is 15.9 Å². The third-order valence-corrected chi connectivity index (χ3v) is 5.48. The van der Waals surface area contributed by atoms with Gasteiger partial charge in [0.05, 0.1) is 11.1 Å². The van der Waals surface area contributed by atoms with Gasteiger partial charge in [0.2, 0.25) is 0 Å². The van der Waals surface area contributed by atoms with Crippen molar-refractivity contribution in [3.8, 4) is 0 Å². The molecule has 0 saturated carbocycles. The molecule has 29 heavy (non-hydrogen) atoms. The average molecular weight is 459 g/mol. The lowest BCUT2D eigenvalue weighted by molar-refractivity contribution is -0.150. The molecule has 7 nitrogen and oxygen atoms in total. The van der Waals surface area contributed by atoms with Crippen molar-refractivity contribution in [1.29, 1.82) is 0 Å². The van der Waals surface area contributed by atoms with Gasteiger partial charge < -0.3 is 10.1 Å². The van der Waals surface area contributed by atoms with Crippen molar-refractivity contribution < 1.29 is 23.9 Å². The minimum absolute atomic E-state index is 0.253. The van der Waals surface area contributed by atoms with Gasteiger partial charge in [-0.15, -0.1) is 0 Å². The highest BCUT2D eigenvalue weighted by Gasteiger charge is 2.41. The summed E-state index contributed by atoms with van der Waals surface area (Å²) in [7, 11) is 0. The number of halogens is 1. The second-order valence-electron chi connectivity index (χ2n) is 6.83. The van der Waals surface area contributed by atoms with Gasteiger partial charge in [0.25, 0.3) is 17.7 Å². The number of ether oxygens (including phenoxy) is 1. The van der Waals surface area contributed by atoms with E-state index in [1.54, 1.807) is 36.4 Å². The average Bonchev–Trinajstić information content (AvgIpc) is 2.92. The number of benzene rings is 2. The maximum atomic E-state index is 12.6. The molecule has 3 rings (SSSR count). The lowest BCUT2D eigenvalue weighted by atomic mass is 10.1. The normalized spacial score (nSPS) is 13.9. The molecule has 1 atom stereocenters. The Morgan fingerprint density at radius 3 is 2.45 bits per heavy atom. The van der Waals surface area contributed by atoms with Gasteiger partial charge in [0, 0.05) is 10.2 Å². The minimum Gasteiger partial charge on any atom is -0.454 e. The number of rotatable bonds is 5. The molecule has 0 aliphatic carbocycles. The summed E-state index contributed by atoms with van der Waals surface area (Å²) >= 11 is 3.38. The summed E-state index contributed by atoms with van der Waals surface area (Å²) in [6.07, 6.45) is 0. The number of amides is 3. The Balaban J connectivity index is 1.61. The number of carbonyl (C=O) groups excluding carboxylic acids is 4. The number of esters is 1. The zero-order valence-corrected chi connectivity index (χ0v) is 17.7. The van der Waals surface area contributed by atoms with Crippen molar-refractivity contribution in [2.75, 3.05) is 11.9 Å². The summed E-state index contributed by atoms with van der Waals surface area (Å²) < 4.78 is 5.93. The molecule has 2 aromatic carbocycles. The van der Waals surface area contributed by atoms with E-state index >= 15 is 0 Å². The molecule has 150 valence electrons. The van der Waals surface area contributed by atoms with Crippen LogP contribution in [0.5, 0.6) is 0 Å². The maximum Gasteiger partial charge on any atom is 0.329 e. The van der Waals surface area contributed by atoms with E-state index in [4.69, 9.17) is 4.74 Å². The molecule has 0 fully saturated rings. The third kappa shape index (κ3) is 4.22. The van der Waals surface area contributed by atoms with Crippen LogP contribution in [0, 0.1) is 13.8 Å². The van der Waals surface area contributed by atoms with Crippen LogP contribution in [0.25, 0.3) is 0 Å². The first-order chi connectivity index (χ1) is 13.7. The number of nitrogens with zero attached hydrogens (tertiary/aromatic N) is 1. The fourth-order valence-corrected chi connectivity index (χ4v) is 3.25. The van der Waals surface area contributed by atoms with Crippen molar-refractivity contribution in [3.05, 3.63) is 63.1 Å². The number of imide groups is 1. The number of carbonyl (C=O) groups is 4. The molecule has 3 amide bonds. The molecule has 0 spiro atoms. The van der Waals surface area contributed by atoms with E-state index in [1.165, 1.54) is 6.92 Å². The van der Waals surface area contributed by atoms with Crippen LogP contribution in [0.1, 0.15) is 38.8 Å². The molecule has 0 saturated heterocycles. The quantitative estimate of drug-likeness (QED) is 0.548. The van der Waals surface area contributed by atoms with Crippen LogP contribution in [-0.2, 0) is 14.3 Å². The second-order valence-corrected chi connectivity index (χ2v) is 7.68. The van der Waals surface area contributed by atoms with Crippen LogP contribution in [0.15, 0.2) is 40.9 Å². The van der Waals surface area contributed by atoms with Crippen molar-refractivity contribution in [2.24, 2.45) is 0 Å². The summed E-state index contributed by atoms with van der Waals surface area (Å²) in [5, 5.41) is 2.63. The zero-order valence-electron chi connectivity index (χ0n) is 16.1. The fourth-order valence-electron chi connectivity index (χ4n) is 3.01. The van der Waals surface area contributed by atoms with Crippen LogP contribution in [0.4, 0.5) is 5.69 Å². The monoisotopic (exact) mass is 458 g/mol. The first-order valence-electron chi connectivity index (χ1n) is 8.90. The van der Waals surface area contributed by atoms with Gasteiger partial charge in [0.15, 0.2) is 6.61 Å². The highest BCUT2D eigenvalue weighted by atomic mass is 79.9. The fraction of sp³-hybridized carbons (Fsp3) is 0.238. The standard InChI is InChI=1S/C21H19BrN2O5/c1-11-4-6-15-16(8-11)20(27)24(19(15)26)13(3)21(28)29-10-18(25)23-14-5-7-17(22)12(2)9-14/h4-9,13H,10H2,1-3H3,(H,23,25).